The van der Waals surface area contributed by atoms with Crippen LogP contribution in [0.25, 0.3) is 0 Å². The molecule has 1 aromatic heterocycles. The molecule has 0 aliphatic carbocycles. The smallest absolute Gasteiger partial charge is 0.196 e. The van der Waals surface area contributed by atoms with Gasteiger partial charge in [0.25, 0.3) is 0 Å². The SMILES string of the molecule is Cc1cccc(CN=C(NCCc2ccccc2F)Nc2ccc3c(c2)OCCCO3)n1. The third-order valence-electron chi connectivity index (χ3n) is 5.00. The van der Waals surface area contributed by atoms with Crippen molar-refractivity contribution in [2.24, 2.45) is 4.99 Å². The van der Waals surface area contributed by atoms with Crippen LogP contribution in [0.5, 0.6) is 11.5 Å². The molecule has 2 aromatic carbocycles. The van der Waals surface area contributed by atoms with Crippen molar-refractivity contribution in [1.29, 1.82) is 0 Å². The highest BCUT2D eigenvalue weighted by molar-refractivity contribution is 5.94. The zero-order valence-corrected chi connectivity index (χ0v) is 18.1. The second-order valence-electron chi connectivity index (χ2n) is 7.54. The first-order valence-electron chi connectivity index (χ1n) is 10.8. The van der Waals surface area contributed by atoms with E-state index >= 15 is 0 Å². The first kappa shape index (κ1) is 21.6. The van der Waals surface area contributed by atoms with Crippen molar-refractivity contribution in [3.63, 3.8) is 0 Å². The average molecular weight is 435 g/mol. The molecule has 2 N–H and O–H groups in total. The van der Waals surface area contributed by atoms with Crippen LogP contribution in [0.1, 0.15) is 23.4 Å². The summed E-state index contributed by atoms with van der Waals surface area (Å²) in [5.74, 6) is 1.83. The van der Waals surface area contributed by atoms with E-state index in [0.717, 1.165) is 29.2 Å². The number of hydrogen-bond acceptors (Lipinski definition) is 4. The fourth-order valence-corrected chi connectivity index (χ4v) is 3.38. The number of guanidine groups is 1. The van der Waals surface area contributed by atoms with Gasteiger partial charge in [0.2, 0.25) is 0 Å². The fraction of sp³-hybridized carbons (Fsp3) is 0.280. The Bertz CT molecular complexity index is 1090. The summed E-state index contributed by atoms with van der Waals surface area (Å²) < 4.78 is 25.4. The molecular weight excluding hydrogens is 407 g/mol. The molecule has 0 unspecified atom stereocenters. The minimum Gasteiger partial charge on any atom is -0.490 e. The van der Waals surface area contributed by atoms with E-state index in [0.29, 0.717) is 50.0 Å². The minimum absolute atomic E-state index is 0.201. The molecule has 1 aliphatic rings. The van der Waals surface area contributed by atoms with Gasteiger partial charge in [-0.15, -0.1) is 0 Å². The molecule has 0 saturated heterocycles. The number of ether oxygens (including phenoxy) is 2. The Morgan fingerprint density at radius 1 is 1.03 bits per heavy atom. The van der Waals surface area contributed by atoms with Crippen LogP contribution in [-0.2, 0) is 13.0 Å². The monoisotopic (exact) mass is 434 g/mol. The zero-order chi connectivity index (χ0) is 22.2. The molecule has 0 bridgehead atoms. The summed E-state index contributed by atoms with van der Waals surface area (Å²) in [7, 11) is 0. The molecule has 0 atom stereocenters. The maximum atomic E-state index is 14.0. The van der Waals surface area contributed by atoms with Gasteiger partial charge < -0.3 is 20.1 Å². The van der Waals surface area contributed by atoms with Gasteiger partial charge in [0.15, 0.2) is 17.5 Å². The Morgan fingerprint density at radius 3 is 2.72 bits per heavy atom. The van der Waals surface area contributed by atoms with Crippen molar-refractivity contribution < 1.29 is 13.9 Å². The lowest BCUT2D eigenvalue weighted by Gasteiger charge is -2.15. The molecule has 0 saturated carbocycles. The van der Waals surface area contributed by atoms with E-state index in [9.17, 15) is 4.39 Å². The van der Waals surface area contributed by atoms with E-state index in [-0.39, 0.29) is 5.82 Å². The van der Waals surface area contributed by atoms with Crippen LogP contribution in [-0.4, -0.2) is 30.7 Å². The molecule has 4 rings (SSSR count). The number of aromatic nitrogens is 1. The van der Waals surface area contributed by atoms with Crippen molar-refractivity contribution in [3.8, 4) is 11.5 Å². The molecule has 0 radical (unpaired) electrons. The maximum Gasteiger partial charge on any atom is 0.196 e. The first-order valence-corrected chi connectivity index (χ1v) is 10.8. The van der Waals surface area contributed by atoms with E-state index in [1.165, 1.54) is 6.07 Å². The summed E-state index contributed by atoms with van der Waals surface area (Å²) in [6.07, 6.45) is 1.39. The van der Waals surface area contributed by atoms with E-state index < -0.39 is 0 Å². The number of pyridine rings is 1. The molecule has 0 amide bonds. The van der Waals surface area contributed by atoms with E-state index in [1.54, 1.807) is 12.1 Å². The maximum absolute atomic E-state index is 14.0. The second kappa shape index (κ2) is 10.6. The number of hydrogen-bond donors (Lipinski definition) is 2. The lowest BCUT2D eigenvalue weighted by molar-refractivity contribution is 0.297. The third kappa shape index (κ3) is 5.97. The number of aliphatic imine (C=N–C) groups is 1. The van der Waals surface area contributed by atoms with Gasteiger partial charge in [0, 0.05) is 30.4 Å². The van der Waals surface area contributed by atoms with Crippen LogP contribution < -0.4 is 20.1 Å². The number of nitrogens with one attached hydrogen (secondary N) is 2. The largest absolute Gasteiger partial charge is 0.490 e. The predicted molar refractivity (Wildman–Crippen MR) is 124 cm³/mol. The molecule has 3 aromatic rings. The summed E-state index contributed by atoms with van der Waals surface area (Å²) in [5, 5.41) is 6.61. The van der Waals surface area contributed by atoms with Gasteiger partial charge in [0.05, 0.1) is 25.5 Å². The van der Waals surface area contributed by atoms with Gasteiger partial charge in [-0.3, -0.25) is 4.98 Å². The number of anilines is 1. The topological polar surface area (TPSA) is 67.8 Å². The van der Waals surface area contributed by atoms with E-state index in [1.807, 2.05) is 49.4 Å². The number of halogens is 1. The molecule has 0 fully saturated rings. The Morgan fingerprint density at radius 2 is 1.88 bits per heavy atom. The Balaban J connectivity index is 1.48. The van der Waals surface area contributed by atoms with Crippen LogP contribution in [0.2, 0.25) is 0 Å². The minimum atomic E-state index is -0.201. The molecule has 7 heteroatoms. The zero-order valence-electron chi connectivity index (χ0n) is 18.1. The van der Waals surface area contributed by atoms with Gasteiger partial charge in [-0.1, -0.05) is 24.3 Å². The Kier molecular flexibility index (Phi) is 7.17. The average Bonchev–Trinajstić information content (AvgIpc) is 3.04. The van der Waals surface area contributed by atoms with E-state index in [2.05, 4.69) is 20.6 Å². The Labute approximate surface area is 187 Å². The summed E-state index contributed by atoms with van der Waals surface area (Å²) in [4.78, 5) is 9.19. The summed E-state index contributed by atoms with van der Waals surface area (Å²) in [6, 6.07) is 18.4. The first-order chi connectivity index (χ1) is 15.7. The van der Waals surface area contributed by atoms with Gasteiger partial charge >= 0.3 is 0 Å². The normalized spacial score (nSPS) is 13.4. The van der Waals surface area contributed by atoms with Gasteiger partial charge in [-0.25, -0.2) is 9.38 Å². The number of nitrogens with zero attached hydrogens (tertiary/aromatic N) is 2. The van der Waals surface area contributed by atoms with Gasteiger partial charge in [-0.05, 0) is 49.2 Å². The van der Waals surface area contributed by atoms with Crippen LogP contribution in [0.4, 0.5) is 10.1 Å². The van der Waals surface area contributed by atoms with Crippen molar-refractivity contribution in [2.75, 3.05) is 25.1 Å². The molecule has 2 heterocycles. The Hall–Kier alpha value is -3.61. The summed E-state index contributed by atoms with van der Waals surface area (Å²) >= 11 is 0. The highest BCUT2D eigenvalue weighted by Gasteiger charge is 2.12. The highest BCUT2D eigenvalue weighted by atomic mass is 19.1. The molecule has 0 spiro atoms. The van der Waals surface area contributed by atoms with Crippen LogP contribution in [0.15, 0.2) is 65.7 Å². The highest BCUT2D eigenvalue weighted by Crippen LogP contribution is 2.32. The molecule has 32 heavy (non-hydrogen) atoms. The number of aryl methyl sites for hydroxylation is 1. The lowest BCUT2D eigenvalue weighted by Crippen LogP contribution is -2.32. The molecule has 6 nitrogen and oxygen atoms in total. The number of fused-ring (bicyclic) bond motifs is 1. The van der Waals surface area contributed by atoms with Gasteiger partial charge in [-0.2, -0.15) is 0 Å². The lowest BCUT2D eigenvalue weighted by atomic mass is 10.1. The number of rotatable bonds is 6. The quantitative estimate of drug-likeness (QED) is 0.442. The summed E-state index contributed by atoms with van der Waals surface area (Å²) in [5.41, 5.74) is 3.31. The van der Waals surface area contributed by atoms with Crippen molar-refractivity contribution in [3.05, 3.63) is 83.4 Å². The second-order valence-corrected chi connectivity index (χ2v) is 7.54. The van der Waals surface area contributed by atoms with Crippen LogP contribution in [0, 0.1) is 12.7 Å². The van der Waals surface area contributed by atoms with Crippen molar-refractivity contribution >= 4 is 11.6 Å². The summed E-state index contributed by atoms with van der Waals surface area (Å²) in [6.45, 7) is 4.17. The standard InChI is InChI=1S/C25H27FN4O2/c1-18-6-4-8-21(29-18)17-28-25(27-13-12-19-7-2-3-9-22(19)26)30-20-10-11-23-24(16-20)32-15-5-14-31-23/h2-4,6-11,16H,5,12-15,17H2,1H3,(H2,27,28,30). The number of benzene rings is 2. The molecule has 1 aliphatic heterocycles. The van der Waals surface area contributed by atoms with Crippen molar-refractivity contribution in [1.82, 2.24) is 10.3 Å². The fourth-order valence-electron chi connectivity index (χ4n) is 3.38. The molecule has 166 valence electrons. The third-order valence-corrected chi connectivity index (χ3v) is 5.00. The van der Waals surface area contributed by atoms with Crippen LogP contribution in [0.3, 0.4) is 0 Å². The molecular formula is C25H27FN4O2. The van der Waals surface area contributed by atoms with E-state index in [4.69, 9.17) is 9.47 Å². The predicted octanol–water partition coefficient (Wildman–Crippen LogP) is 4.49. The van der Waals surface area contributed by atoms with Crippen molar-refractivity contribution in [2.45, 2.75) is 26.3 Å². The van der Waals surface area contributed by atoms with Gasteiger partial charge in [0.1, 0.15) is 5.82 Å². The van der Waals surface area contributed by atoms with Crippen LogP contribution >= 0.6 is 0 Å².